The molecule has 8 nitrogen and oxygen atoms in total. The van der Waals surface area contributed by atoms with Crippen LogP contribution in [0.2, 0.25) is 0 Å². The summed E-state index contributed by atoms with van der Waals surface area (Å²) in [5.41, 5.74) is 5.98. The summed E-state index contributed by atoms with van der Waals surface area (Å²) in [6, 6.07) is 26.6. The Balaban J connectivity index is 1.49. The van der Waals surface area contributed by atoms with Crippen molar-refractivity contribution in [3.05, 3.63) is 129 Å². The Kier molecular flexibility index (Phi) is 10.8. The Morgan fingerprint density at radius 2 is 1.68 bits per heavy atom. The molecule has 0 unspecified atom stereocenters. The zero-order chi connectivity index (χ0) is 33.4. The molecule has 4 aromatic rings. The van der Waals surface area contributed by atoms with Crippen molar-refractivity contribution >= 4 is 27.7 Å². The Bertz CT molecular complexity index is 1680. The number of aliphatic hydroxyl groups is 1. The number of halogens is 4. The number of hydrazine groups is 1. The van der Waals surface area contributed by atoms with Crippen LogP contribution in [-0.4, -0.2) is 42.8 Å². The van der Waals surface area contributed by atoms with Crippen LogP contribution in [0.3, 0.4) is 0 Å². The van der Waals surface area contributed by atoms with Gasteiger partial charge in [0.25, 0.3) is 5.91 Å². The number of aliphatic imine (C=N–C) groups is 1. The molecule has 0 radical (unpaired) electrons. The van der Waals surface area contributed by atoms with Crippen molar-refractivity contribution < 1.29 is 37.3 Å². The fourth-order valence-electron chi connectivity index (χ4n) is 5.15. The van der Waals surface area contributed by atoms with Crippen LogP contribution in [-0.2, 0) is 28.7 Å². The van der Waals surface area contributed by atoms with Gasteiger partial charge in [-0.2, -0.15) is 13.2 Å². The predicted octanol–water partition coefficient (Wildman–Crippen LogP) is 6.56. The van der Waals surface area contributed by atoms with Crippen LogP contribution in [0, 0.1) is 0 Å². The molecule has 4 aromatic carbocycles. The quantitative estimate of drug-likeness (QED) is 0.107. The average molecular weight is 713 g/mol. The highest BCUT2D eigenvalue weighted by Gasteiger charge is 2.53. The number of hydrogen-bond donors (Lipinski definition) is 3. The summed E-state index contributed by atoms with van der Waals surface area (Å²) in [5.74, 6) is 0.924. The number of nitrogens with one attached hydrogen (secondary N) is 2. The molecular formula is C35H33BrF3N3O5. The second-order valence-corrected chi connectivity index (χ2v) is 11.8. The number of ether oxygens (including phenoxy) is 3. The topological polar surface area (TPSA) is 101 Å². The smallest absolute Gasteiger partial charge is 0.416 e. The van der Waals surface area contributed by atoms with Gasteiger partial charge in [-0.05, 0) is 77.4 Å². The molecule has 12 heteroatoms. The van der Waals surface area contributed by atoms with Gasteiger partial charge in [0.05, 0.1) is 19.3 Å². The lowest BCUT2D eigenvalue weighted by Crippen LogP contribution is -2.53. The van der Waals surface area contributed by atoms with Gasteiger partial charge in [0.15, 0.2) is 11.6 Å². The SMILES string of the molecule is COc1cccc([C@@H]2OC(c3ccc(OCCCO)cc3)=N[C@]2(Cc2ccc(Br)cc2)C(=O)NNCc2ccc(C(F)(F)F)cc2)c1. The van der Waals surface area contributed by atoms with Crippen LogP contribution in [0.5, 0.6) is 11.5 Å². The molecule has 0 fully saturated rings. The number of aliphatic hydroxyl groups excluding tert-OH is 1. The van der Waals surface area contributed by atoms with Crippen molar-refractivity contribution in [1.82, 2.24) is 10.9 Å². The number of amides is 1. The van der Waals surface area contributed by atoms with Crippen molar-refractivity contribution in [2.24, 2.45) is 4.99 Å². The number of benzene rings is 4. The zero-order valence-corrected chi connectivity index (χ0v) is 27.0. The second kappa shape index (κ2) is 15.0. The van der Waals surface area contributed by atoms with Gasteiger partial charge >= 0.3 is 6.18 Å². The normalized spacial score (nSPS) is 17.5. The minimum Gasteiger partial charge on any atom is -0.497 e. The number of carbonyl (C=O) groups excluding carboxylic acids is 1. The first-order chi connectivity index (χ1) is 22.6. The number of nitrogens with zero attached hydrogens (tertiary/aromatic N) is 1. The maximum atomic E-state index is 14.3. The highest BCUT2D eigenvalue weighted by Crippen LogP contribution is 2.43. The highest BCUT2D eigenvalue weighted by molar-refractivity contribution is 9.10. The van der Waals surface area contributed by atoms with Gasteiger partial charge in [-0.15, -0.1) is 0 Å². The molecule has 0 saturated carbocycles. The molecule has 1 aliphatic rings. The van der Waals surface area contributed by atoms with E-state index >= 15 is 0 Å². The molecule has 47 heavy (non-hydrogen) atoms. The summed E-state index contributed by atoms with van der Waals surface area (Å²) in [4.78, 5) is 19.3. The highest BCUT2D eigenvalue weighted by atomic mass is 79.9. The summed E-state index contributed by atoms with van der Waals surface area (Å²) < 4.78 is 57.6. The largest absolute Gasteiger partial charge is 0.497 e. The van der Waals surface area contributed by atoms with Gasteiger partial charge in [-0.25, -0.2) is 10.4 Å². The van der Waals surface area contributed by atoms with Crippen molar-refractivity contribution in [3.8, 4) is 11.5 Å². The predicted molar refractivity (Wildman–Crippen MR) is 174 cm³/mol. The number of rotatable bonds is 13. The molecule has 0 spiro atoms. The third-order valence-corrected chi connectivity index (χ3v) is 8.12. The van der Waals surface area contributed by atoms with E-state index in [1.165, 1.54) is 12.1 Å². The molecule has 0 bridgehead atoms. The molecule has 5 rings (SSSR count). The van der Waals surface area contributed by atoms with Gasteiger partial charge in [0.2, 0.25) is 5.90 Å². The molecule has 0 aliphatic carbocycles. The summed E-state index contributed by atoms with van der Waals surface area (Å²) in [5, 5.41) is 9.05. The number of alkyl halides is 3. The monoisotopic (exact) mass is 711 g/mol. The molecule has 0 saturated heterocycles. The number of methoxy groups -OCH3 is 1. The molecule has 1 heterocycles. The molecule has 2 atom stereocenters. The van der Waals surface area contributed by atoms with Crippen molar-refractivity contribution in [2.75, 3.05) is 20.3 Å². The maximum absolute atomic E-state index is 14.3. The van der Waals surface area contributed by atoms with Crippen molar-refractivity contribution in [3.63, 3.8) is 0 Å². The van der Waals surface area contributed by atoms with E-state index in [4.69, 9.17) is 24.3 Å². The number of carbonyl (C=O) groups is 1. The first kappa shape index (κ1) is 34.0. The minimum absolute atomic E-state index is 0.0239. The molecule has 0 aromatic heterocycles. The fraction of sp³-hybridized carbons (Fsp3) is 0.257. The van der Waals surface area contributed by atoms with E-state index in [-0.39, 0.29) is 25.5 Å². The molecule has 246 valence electrons. The van der Waals surface area contributed by atoms with Crippen LogP contribution in [0.25, 0.3) is 0 Å². The number of hydrogen-bond acceptors (Lipinski definition) is 7. The summed E-state index contributed by atoms with van der Waals surface area (Å²) in [6.07, 6.45) is -4.67. The van der Waals surface area contributed by atoms with E-state index in [1.54, 1.807) is 49.6 Å². The minimum atomic E-state index is -4.44. The second-order valence-electron chi connectivity index (χ2n) is 10.9. The van der Waals surface area contributed by atoms with Gasteiger partial charge in [0, 0.05) is 36.0 Å². The van der Waals surface area contributed by atoms with E-state index in [0.29, 0.717) is 41.2 Å². The third-order valence-electron chi connectivity index (χ3n) is 7.59. The Morgan fingerprint density at radius 1 is 0.979 bits per heavy atom. The van der Waals surface area contributed by atoms with Crippen molar-refractivity contribution in [1.29, 1.82) is 0 Å². The standard InChI is InChI=1S/C35H33BrF3N3O5/c1-45-30-5-2-4-26(20-30)31-34(21-23-8-14-28(36)15-9-23,33(44)42-40-22-24-6-12-27(13-7-24)35(37,38)39)41-32(47-31)25-10-16-29(17-11-25)46-19-3-18-43/h2,4-17,20,31,40,43H,3,18-19,21-22H2,1H3,(H,42,44)/t31-,34-/m0/s1. The third kappa shape index (κ3) is 8.31. The van der Waals surface area contributed by atoms with Crippen LogP contribution in [0.1, 0.15) is 40.3 Å². The Hall–Kier alpha value is -4.39. The lowest BCUT2D eigenvalue weighted by molar-refractivity contribution is -0.137. The molecule has 1 amide bonds. The van der Waals surface area contributed by atoms with Gasteiger partial charge in [0.1, 0.15) is 11.5 Å². The van der Waals surface area contributed by atoms with Gasteiger partial charge in [-0.1, -0.05) is 52.3 Å². The average Bonchev–Trinajstić information content (AvgIpc) is 3.46. The van der Waals surface area contributed by atoms with Crippen LogP contribution in [0.4, 0.5) is 13.2 Å². The summed E-state index contributed by atoms with van der Waals surface area (Å²) >= 11 is 3.46. The molecule has 3 N–H and O–H groups in total. The van der Waals surface area contributed by atoms with Crippen LogP contribution in [0.15, 0.2) is 107 Å². The Labute approximate surface area is 278 Å². The van der Waals surface area contributed by atoms with E-state index in [1.807, 2.05) is 30.3 Å². The van der Waals surface area contributed by atoms with Gasteiger partial charge in [-0.3, -0.25) is 10.2 Å². The van der Waals surface area contributed by atoms with Crippen LogP contribution >= 0.6 is 15.9 Å². The lowest BCUT2D eigenvalue weighted by Gasteiger charge is -2.31. The Morgan fingerprint density at radius 3 is 2.34 bits per heavy atom. The van der Waals surface area contributed by atoms with Gasteiger partial charge < -0.3 is 19.3 Å². The summed E-state index contributed by atoms with van der Waals surface area (Å²) in [7, 11) is 1.55. The first-order valence-electron chi connectivity index (χ1n) is 14.8. The van der Waals surface area contributed by atoms with Crippen molar-refractivity contribution in [2.45, 2.75) is 37.2 Å². The summed E-state index contributed by atoms with van der Waals surface area (Å²) in [6.45, 7) is 0.453. The first-order valence-corrected chi connectivity index (χ1v) is 15.6. The van der Waals surface area contributed by atoms with E-state index < -0.39 is 29.3 Å². The lowest BCUT2D eigenvalue weighted by atomic mass is 9.82. The molecule has 1 aliphatic heterocycles. The molecular weight excluding hydrogens is 679 g/mol. The maximum Gasteiger partial charge on any atom is 0.416 e. The zero-order valence-electron chi connectivity index (χ0n) is 25.4. The van der Waals surface area contributed by atoms with E-state index in [2.05, 4.69) is 26.8 Å². The van der Waals surface area contributed by atoms with E-state index in [9.17, 15) is 18.0 Å². The fourth-order valence-corrected chi connectivity index (χ4v) is 5.41. The van der Waals surface area contributed by atoms with E-state index in [0.717, 1.165) is 22.2 Å². The van der Waals surface area contributed by atoms with Crippen LogP contribution < -0.4 is 20.3 Å².